The van der Waals surface area contributed by atoms with Crippen LogP contribution in [-0.4, -0.2) is 24.9 Å². The Morgan fingerprint density at radius 1 is 1.32 bits per heavy atom. The van der Waals surface area contributed by atoms with Gasteiger partial charge < -0.3 is 0 Å². The summed E-state index contributed by atoms with van der Waals surface area (Å²) in [5.41, 5.74) is 0.583. The molecule has 0 aliphatic heterocycles. The molecule has 1 aromatic heterocycles. The zero-order valence-electron chi connectivity index (χ0n) is 12.1. The van der Waals surface area contributed by atoms with Gasteiger partial charge in [-0.05, 0) is 25.5 Å². The zero-order valence-corrected chi connectivity index (χ0v) is 13.7. The molecule has 1 aromatic carbocycles. The highest BCUT2D eigenvalue weighted by Gasteiger charge is 2.26. The van der Waals surface area contributed by atoms with Gasteiger partial charge in [-0.2, -0.15) is 0 Å². The Morgan fingerprint density at radius 2 is 2.05 bits per heavy atom. The normalized spacial score (nSPS) is 11.5. The van der Waals surface area contributed by atoms with E-state index in [1.807, 2.05) is 0 Å². The SMILES string of the molecule is CCN(c1cnccn1)S(=O)(=O)Cc1c(F)ccc(C)c1Cl. The van der Waals surface area contributed by atoms with E-state index in [2.05, 4.69) is 9.97 Å². The van der Waals surface area contributed by atoms with E-state index < -0.39 is 21.6 Å². The van der Waals surface area contributed by atoms with Crippen LogP contribution in [0.3, 0.4) is 0 Å². The van der Waals surface area contributed by atoms with E-state index in [1.54, 1.807) is 13.8 Å². The van der Waals surface area contributed by atoms with Crippen LogP contribution in [0.5, 0.6) is 0 Å². The summed E-state index contributed by atoms with van der Waals surface area (Å²) in [4.78, 5) is 7.83. The van der Waals surface area contributed by atoms with Crippen LogP contribution in [0.25, 0.3) is 0 Å². The van der Waals surface area contributed by atoms with E-state index in [0.717, 1.165) is 4.31 Å². The number of hydrogen-bond donors (Lipinski definition) is 0. The summed E-state index contributed by atoms with van der Waals surface area (Å²) in [7, 11) is -3.83. The van der Waals surface area contributed by atoms with Gasteiger partial charge in [-0.25, -0.2) is 17.8 Å². The molecule has 0 amide bonds. The Bertz CT molecular complexity index is 769. The number of benzene rings is 1. The highest BCUT2D eigenvalue weighted by Crippen LogP contribution is 2.27. The maximum absolute atomic E-state index is 13.9. The van der Waals surface area contributed by atoms with Crippen LogP contribution in [0.2, 0.25) is 5.02 Å². The van der Waals surface area contributed by atoms with Gasteiger partial charge in [0.2, 0.25) is 10.0 Å². The number of rotatable bonds is 5. The summed E-state index contributed by atoms with van der Waals surface area (Å²) in [5, 5.41) is 0.124. The summed E-state index contributed by atoms with van der Waals surface area (Å²) < 4.78 is 40.2. The van der Waals surface area contributed by atoms with Gasteiger partial charge in [0.1, 0.15) is 5.82 Å². The van der Waals surface area contributed by atoms with Crippen LogP contribution in [0.15, 0.2) is 30.7 Å². The van der Waals surface area contributed by atoms with Crippen molar-refractivity contribution in [2.75, 3.05) is 10.8 Å². The van der Waals surface area contributed by atoms with Crippen molar-refractivity contribution in [3.05, 3.63) is 52.7 Å². The van der Waals surface area contributed by atoms with Crippen LogP contribution in [0.4, 0.5) is 10.2 Å². The molecule has 5 nitrogen and oxygen atoms in total. The van der Waals surface area contributed by atoms with Crippen molar-refractivity contribution >= 4 is 27.4 Å². The average molecular weight is 344 g/mol. The molecule has 0 N–H and O–H groups in total. The lowest BCUT2D eigenvalue weighted by Gasteiger charge is -2.22. The molecule has 2 rings (SSSR count). The van der Waals surface area contributed by atoms with Gasteiger partial charge in [0.05, 0.1) is 17.0 Å². The topological polar surface area (TPSA) is 63.2 Å². The minimum absolute atomic E-state index is 0.0380. The third-order valence-corrected chi connectivity index (χ3v) is 5.43. The minimum atomic E-state index is -3.83. The van der Waals surface area contributed by atoms with E-state index in [4.69, 9.17) is 11.6 Å². The quantitative estimate of drug-likeness (QED) is 0.837. The first-order chi connectivity index (χ1) is 10.4. The molecule has 0 saturated heterocycles. The molecule has 118 valence electrons. The van der Waals surface area contributed by atoms with E-state index >= 15 is 0 Å². The number of aromatic nitrogens is 2. The second-order valence-corrected chi connectivity index (χ2v) is 6.91. The van der Waals surface area contributed by atoms with Crippen molar-refractivity contribution in [3.63, 3.8) is 0 Å². The Hall–Kier alpha value is -1.73. The lowest BCUT2D eigenvalue weighted by atomic mass is 10.1. The average Bonchev–Trinajstić information content (AvgIpc) is 2.49. The minimum Gasteiger partial charge on any atom is -0.259 e. The van der Waals surface area contributed by atoms with Crippen molar-refractivity contribution in [2.45, 2.75) is 19.6 Å². The third kappa shape index (κ3) is 3.36. The maximum Gasteiger partial charge on any atom is 0.240 e. The van der Waals surface area contributed by atoms with Crippen LogP contribution in [0.1, 0.15) is 18.1 Å². The predicted molar refractivity (Wildman–Crippen MR) is 83.8 cm³/mol. The summed E-state index contributed by atoms with van der Waals surface area (Å²) >= 11 is 6.05. The van der Waals surface area contributed by atoms with Gasteiger partial charge in [0, 0.05) is 24.5 Å². The molecule has 8 heteroatoms. The second-order valence-electron chi connectivity index (χ2n) is 4.64. The first kappa shape index (κ1) is 16.6. The van der Waals surface area contributed by atoms with Crippen molar-refractivity contribution < 1.29 is 12.8 Å². The number of anilines is 1. The van der Waals surface area contributed by atoms with Gasteiger partial charge in [0.15, 0.2) is 5.82 Å². The Morgan fingerprint density at radius 3 is 2.64 bits per heavy atom. The van der Waals surface area contributed by atoms with E-state index in [0.29, 0.717) is 5.56 Å². The molecular weight excluding hydrogens is 329 g/mol. The Balaban J connectivity index is 2.41. The monoisotopic (exact) mass is 343 g/mol. The van der Waals surface area contributed by atoms with Gasteiger partial charge >= 0.3 is 0 Å². The van der Waals surface area contributed by atoms with Crippen LogP contribution in [0, 0.1) is 12.7 Å². The number of sulfonamides is 1. The third-order valence-electron chi connectivity index (χ3n) is 3.13. The van der Waals surface area contributed by atoms with Crippen LogP contribution in [-0.2, 0) is 15.8 Å². The molecule has 0 radical (unpaired) electrons. The molecule has 0 fully saturated rings. The molecule has 0 aliphatic rings. The molecule has 0 bridgehead atoms. The van der Waals surface area contributed by atoms with Crippen molar-refractivity contribution in [1.82, 2.24) is 9.97 Å². The number of nitrogens with zero attached hydrogens (tertiary/aromatic N) is 3. The smallest absolute Gasteiger partial charge is 0.240 e. The fraction of sp³-hybridized carbons (Fsp3) is 0.286. The molecule has 2 aromatic rings. The van der Waals surface area contributed by atoms with E-state index in [9.17, 15) is 12.8 Å². The molecule has 0 saturated carbocycles. The lowest BCUT2D eigenvalue weighted by Crippen LogP contribution is -2.33. The Kier molecular flexibility index (Phi) is 4.97. The first-order valence-electron chi connectivity index (χ1n) is 6.56. The summed E-state index contributed by atoms with van der Waals surface area (Å²) in [6.45, 7) is 3.52. The summed E-state index contributed by atoms with van der Waals surface area (Å²) in [5.74, 6) is -0.993. The van der Waals surface area contributed by atoms with Crippen LogP contribution < -0.4 is 4.31 Å². The van der Waals surface area contributed by atoms with E-state index in [-0.39, 0.29) is 22.9 Å². The highest BCUT2D eigenvalue weighted by molar-refractivity contribution is 7.92. The molecule has 0 spiro atoms. The molecule has 0 aliphatic carbocycles. The number of aryl methyl sites for hydroxylation is 1. The molecule has 0 unspecified atom stereocenters. The number of halogens is 2. The standard InChI is InChI=1S/C14H15ClFN3O2S/c1-3-19(13-8-17-6-7-18-13)22(20,21)9-11-12(16)5-4-10(2)14(11)15/h4-8H,3,9H2,1-2H3. The fourth-order valence-corrected chi connectivity index (χ4v) is 3.90. The zero-order chi connectivity index (χ0) is 16.3. The maximum atomic E-state index is 13.9. The summed E-state index contributed by atoms with van der Waals surface area (Å²) in [6, 6.07) is 2.72. The van der Waals surface area contributed by atoms with Crippen molar-refractivity contribution in [2.24, 2.45) is 0 Å². The first-order valence-corrected chi connectivity index (χ1v) is 8.55. The molecule has 0 atom stereocenters. The van der Waals surface area contributed by atoms with Crippen molar-refractivity contribution in [1.29, 1.82) is 0 Å². The molecule has 22 heavy (non-hydrogen) atoms. The lowest BCUT2D eigenvalue weighted by molar-refractivity contribution is 0.583. The second kappa shape index (κ2) is 6.58. The largest absolute Gasteiger partial charge is 0.259 e. The van der Waals surface area contributed by atoms with Gasteiger partial charge in [-0.1, -0.05) is 17.7 Å². The van der Waals surface area contributed by atoms with Crippen molar-refractivity contribution in [3.8, 4) is 0 Å². The van der Waals surface area contributed by atoms with Crippen LogP contribution >= 0.6 is 11.6 Å². The molecule has 1 heterocycles. The fourth-order valence-electron chi connectivity index (χ4n) is 2.03. The highest BCUT2D eigenvalue weighted by atomic mass is 35.5. The predicted octanol–water partition coefficient (Wildman–Crippen LogP) is 2.93. The van der Waals surface area contributed by atoms with Gasteiger partial charge in [0.25, 0.3) is 0 Å². The van der Waals surface area contributed by atoms with Gasteiger partial charge in [-0.15, -0.1) is 0 Å². The Labute approximate surface area is 133 Å². The van der Waals surface area contributed by atoms with E-state index in [1.165, 1.54) is 30.7 Å². The summed E-state index contributed by atoms with van der Waals surface area (Å²) in [6.07, 6.45) is 4.18. The van der Waals surface area contributed by atoms with Gasteiger partial charge in [-0.3, -0.25) is 9.29 Å². The number of hydrogen-bond acceptors (Lipinski definition) is 4. The molecular formula is C14H15ClFN3O2S.